The standard InChI is InChI=1S/C11H10F3N3O/c1-5(15)7-3-2-6(4-8(7)12)10-16-17-11(18-10)9(13)14/h2-5,9H,15H2,1H3. The highest BCUT2D eigenvalue weighted by Crippen LogP contribution is 2.25. The molecule has 0 aliphatic heterocycles. The second kappa shape index (κ2) is 4.77. The van der Waals surface area contributed by atoms with Crippen molar-refractivity contribution in [2.45, 2.75) is 19.4 Å². The number of nitrogens with zero attached hydrogens (tertiary/aromatic N) is 2. The van der Waals surface area contributed by atoms with Gasteiger partial charge in [-0.2, -0.15) is 8.78 Å². The van der Waals surface area contributed by atoms with Gasteiger partial charge >= 0.3 is 6.43 Å². The summed E-state index contributed by atoms with van der Waals surface area (Å²) in [6, 6.07) is 3.62. The van der Waals surface area contributed by atoms with Crippen LogP contribution in [0.4, 0.5) is 13.2 Å². The summed E-state index contributed by atoms with van der Waals surface area (Å²) in [6.07, 6.45) is -2.85. The van der Waals surface area contributed by atoms with Crippen molar-refractivity contribution in [3.05, 3.63) is 35.5 Å². The van der Waals surface area contributed by atoms with E-state index in [9.17, 15) is 13.2 Å². The molecule has 2 aromatic rings. The van der Waals surface area contributed by atoms with Crippen LogP contribution in [0.15, 0.2) is 22.6 Å². The summed E-state index contributed by atoms with van der Waals surface area (Å²) in [5, 5.41) is 6.59. The van der Waals surface area contributed by atoms with Crippen LogP contribution in [-0.2, 0) is 0 Å². The van der Waals surface area contributed by atoms with Crippen LogP contribution < -0.4 is 5.73 Å². The molecule has 1 atom stereocenters. The quantitative estimate of drug-likeness (QED) is 0.918. The molecular weight excluding hydrogens is 247 g/mol. The molecule has 2 rings (SSSR count). The van der Waals surface area contributed by atoms with Gasteiger partial charge in [-0.05, 0) is 19.1 Å². The highest BCUT2D eigenvalue weighted by Gasteiger charge is 2.18. The summed E-state index contributed by atoms with van der Waals surface area (Å²) in [7, 11) is 0. The van der Waals surface area contributed by atoms with Gasteiger partial charge in [0.05, 0.1) is 0 Å². The fourth-order valence-electron chi connectivity index (χ4n) is 1.47. The maximum Gasteiger partial charge on any atom is 0.314 e. The molecule has 0 amide bonds. The zero-order chi connectivity index (χ0) is 13.3. The molecule has 0 saturated carbocycles. The minimum Gasteiger partial charge on any atom is -0.415 e. The van der Waals surface area contributed by atoms with Gasteiger partial charge in [0.2, 0.25) is 5.89 Å². The van der Waals surface area contributed by atoms with E-state index in [0.717, 1.165) is 6.07 Å². The van der Waals surface area contributed by atoms with Crippen LogP contribution in [-0.4, -0.2) is 10.2 Å². The summed E-state index contributed by atoms with van der Waals surface area (Å²) in [5.74, 6) is -1.48. The van der Waals surface area contributed by atoms with Crippen LogP contribution >= 0.6 is 0 Å². The van der Waals surface area contributed by atoms with Gasteiger partial charge in [-0.25, -0.2) is 4.39 Å². The smallest absolute Gasteiger partial charge is 0.314 e. The third kappa shape index (κ3) is 2.35. The molecule has 1 heterocycles. The lowest BCUT2D eigenvalue weighted by Crippen LogP contribution is -2.07. The number of hydrogen-bond acceptors (Lipinski definition) is 4. The molecule has 4 nitrogen and oxygen atoms in total. The van der Waals surface area contributed by atoms with Gasteiger partial charge in [-0.3, -0.25) is 0 Å². The Balaban J connectivity index is 2.36. The highest BCUT2D eigenvalue weighted by molar-refractivity contribution is 5.53. The zero-order valence-electron chi connectivity index (χ0n) is 9.40. The van der Waals surface area contributed by atoms with Crippen molar-refractivity contribution in [3.63, 3.8) is 0 Å². The monoisotopic (exact) mass is 257 g/mol. The molecule has 2 N–H and O–H groups in total. The second-order valence-electron chi connectivity index (χ2n) is 3.77. The van der Waals surface area contributed by atoms with Gasteiger partial charge in [-0.15, -0.1) is 10.2 Å². The Kier molecular flexibility index (Phi) is 3.33. The Hall–Kier alpha value is -1.89. The summed E-state index contributed by atoms with van der Waals surface area (Å²) in [5.41, 5.74) is 6.12. The summed E-state index contributed by atoms with van der Waals surface area (Å²) in [4.78, 5) is 0. The van der Waals surface area contributed by atoms with E-state index in [1.807, 2.05) is 0 Å². The first kappa shape index (κ1) is 12.6. The molecule has 7 heteroatoms. The van der Waals surface area contributed by atoms with Crippen molar-refractivity contribution < 1.29 is 17.6 Å². The summed E-state index contributed by atoms with van der Waals surface area (Å²) < 4.78 is 42.9. The second-order valence-corrected chi connectivity index (χ2v) is 3.77. The van der Waals surface area contributed by atoms with E-state index in [1.165, 1.54) is 12.1 Å². The van der Waals surface area contributed by atoms with Gasteiger partial charge in [0.25, 0.3) is 5.89 Å². The molecule has 1 aromatic carbocycles. The molecule has 0 aliphatic rings. The number of halogens is 3. The van der Waals surface area contributed by atoms with Crippen LogP contribution in [0.5, 0.6) is 0 Å². The molecule has 0 fully saturated rings. The minimum atomic E-state index is -2.85. The van der Waals surface area contributed by atoms with Gasteiger partial charge in [-0.1, -0.05) is 6.07 Å². The number of hydrogen-bond donors (Lipinski definition) is 1. The van der Waals surface area contributed by atoms with E-state index >= 15 is 0 Å². The van der Waals surface area contributed by atoms with Gasteiger partial charge in [0.1, 0.15) is 5.82 Å². The van der Waals surface area contributed by atoms with Crippen LogP contribution in [0.3, 0.4) is 0 Å². The highest BCUT2D eigenvalue weighted by atomic mass is 19.3. The van der Waals surface area contributed by atoms with E-state index in [2.05, 4.69) is 10.2 Å². The molecule has 18 heavy (non-hydrogen) atoms. The number of nitrogens with two attached hydrogens (primary N) is 1. The Bertz CT molecular complexity index is 554. The lowest BCUT2D eigenvalue weighted by Gasteiger charge is -2.07. The average Bonchev–Trinajstić information content (AvgIpc) is 2.77. The molecule has 0 spiro atoms. The van der Waals surface area contributed by atoms with E-state index in [1.54, 1.807) is 6.92 Å². The normalized spacial score (nSPS) is 13.0. The third-order valence-corrected chi connectivity index (χ3v) is 2.37. The molecular formula is C11H10F3N3O. The van der Waals surface area contributed by atoms with Crippen molar-refractivity contribution >= 4 is 0 Å². The van der Waals surface area contributed by atoms with Gasteiger partial charge < -0.3 is 10.2 Å². The maximum atomic E-state index is 13.6. The maximum absolute atomic E-state index is 13.6. The van der Waals surface area contributed by atoms with Crippen LogP contribution in [0, 0.1) is 5.82 Å². The number of rotatable bonds is 3. The van der Waals surface area contributed by atoms with Crippen molar-refractivity contribution in [2.24, 2.45) is 5.73 Å². The van der Waals surface area contributed by atoms with E-state index in [4.69, 9.17) is 10.2 Å². The Morgan fingerprint density at radius 1 is 1.28 bits per heavy atom. The molecule has 0 saturated heterocycles. The fourth-order valence-corrected chi connectivity index (χ4v) is 1.47. The van der Waals surface area contributed by atoms with Crippen LogP contribution in [0.1, 0.15) is 30.8 Å². The molecule has 1 unspecified atom stereocenters. The van der Waals surface area contributed by atoms with E-state index in [0.29, 0.717) is 5.56 Å². The SMILES string of the molecule is CC(N)c1ccc(-c2nnc(C(F)F)o2)cc1F. The Labute approximate surface area is 101 Å². The fraction of sp³-hybridized carbons (Fsp3) is 0.273. The molecule has 0 radical (unpaired) electrons. The number of alkyl halides is 2. The Morgan fingerprint density at radius 3 is 2.50 bits per heavy atom. The molecule has 96 valence electrons. The topological polar surface area (TPSA) is 64.9 Å². The lowest BCUT2D eigenvalue weighted by atomic mass is 10.1. The largest absolute Gasteiger partial charge is 0.415 e. The van der Waals surface area contributed by atoms with Crippen molar-refractivity contribution in [2.75, 3.05) is 0 Å². The van der Waals surface area contributed by atoms with Crippen molar-refractivity contribution in [3.8, 4) is 11.5 Å². The minimum absolute atomic E-state index is 0.152. The van der Waals surface area contributed by atoms with Crippen LogP contribution in [0.25, 0.3) is 11.5 Å². The van der Waals surface area contributed by atoms with Crippen molar-refractivity contribution in [1.82, 2.24) is 10.2 Å². The van der Waals surface area contributed by atoms with E-state index < -0.39 is 24.2 Å². The average molecular weight is 257 g/mol. The van der Waals surface area contributed by atoms with Gasteiger partial charge in [0.15, 0.2) is 0 Å². The Morgan fingerprint density at radius 2 is 2.00 bits per heavy atom. The molecule has 1 aromatic heterocycles. The number of aromatic nitrogens is 2. The predicted octanol–water partition coefficient (Wildman–Crippen LogP) is 2.83. The third-order valence-electron chi connectivity index (χ3n) is 2.37. The first-order valence-corrected chi connectivity index (χ1v) is 5.16. The first-order valence-electron chi connectivity index (χ1n) is 5.16. The van der Waals surface area contributed by atoms with Crippen molar-refractivity contribution in [1.29, 1.82) is 0 Å². The molecule has 0 bridgehead atoms. The van der Waals surface area contributed by atoms with Crippen LogP contribution in [0.2, 0.25) is 0 Å². The zero-order valence-corrected chi connectivity index (χ0v) is 9.40. The number of benzene rings is 1. The summed E-state index contributed by atoms with van der Waals surface area (Å²) in [6.45, 7) is 1.64. The summed E-state index contributed by atoms with van der Waals surface area (Å²) >= 11 is 0. The van der Waals surface area contributed by atoms with Gasteiger partial charge in [0, 0.05) is 17.2 Å². The predicted molar refractivity (Wildman–Crippen MR) is 57.3 cm³/mol. The van der Waals surface area contributed by atoms with E-state index in [-0.39, 0.29) is 11.5 Å². The molecule has 0 aliphatic carbocycles. The lowest BCUT2D eigenvalue weighted by molar-refractivity contribution is 0.116. The first-order chi connectivity index (χ1) is 8.49.